The molecule has 0 bridgehead atoms. The third-order valence-corrected chi connectivity index (χ3v) is 5.57. The zero-order chi connectivity index (χ0) is 17.8. The van der Waals surface area contributed by atoms with E-state index in [2.05, 4.69) is 44.1 Å². The second-order valence-electron chi connectivity index (χ2n) is 6.26. The largest absolute Gasteiger partial charge is 0.338 e. The van der Waals surface area contributed by atoms with E-state index in [-0.39, 0.29) is 11.9 Å². The second kappa shape index (κ2) is 8.34. The molecule has 1 aromatic carbocycles. The summed E-state index contributed by atoms with van der Waals surface area (Å²) >= 11 is 9.54. The lowest BCUT2D eigenvalue weighted by molar-refractivity contribution is -0.137. The lowest BCUT2D eigenvalue weighted by atomic mass is 10.1. The molecule has 7 heteroatoms. The molecule has 2 heterocycles. The summed E-state index contributed by atoms with van der Waals surface area (Å²) in [5.41, 5.74) is 1.28. The van der Waals surface area contributed by atoms with Gasteiger partial charge in [0.1, 0.15) is 6.04 Å². The highest BCUT2D eigenvalue weighted by Crippen LogP contribution is 2.21. The molecular weight excluding hydrogens is 404 g/mol. The topological polar surface area (TPSA) is 41.4 Å². The molecule has 1 saturated heterocycles. The number of aromatic nitrogens is 2. The van der Waals surface area contributed by atoms with Gasteiger partial charge in [0.15, 0.2) is 0 Å². The van der Waals surface area contributed by atoms with Crippen LogP contribution in [0.3, 0.4) is 0 Å². The van der Waals surface area contributed by atoms with Crippen molar-refractivity contribution in [3.8, 4) is 0 Å². The molecule has 1 fully saturated rings. The van der Waals surface area contributed by atoms with E-state index in [0.29, 0.717) is 11.4 Å². The summed E-state index contributed by atoms with van der Waals surface area (Å²) in [5.74, 6) is 0.128. The molecule has 25 heavy (non-hydrogen) atoms. The van der Waals surface area contributed by atoms with Gasteiger partial charge in [-0.1, -0.05) is 52.7 Å². The highest BCUT2D eigenvalue weighted by Gasteiger charge is 2.28. The number of halogens is 2. The Balaban J connectivity index is 1.58. The van der Waals surface area contributed by atoms with Crippen molar-refractivity contribution in [2.75, 3.05) is 26.2 Å². The molecule has 0 N–H and O–H groups in total. The highest BCUT2D eigenvalue weighted by atomic mass is 79.9. The zero-order valence-corrected chi connectivity index (χ0v) is 16.6. The first-order valence-corrected chi connectivity index (χ1v) is 9.69. The van der Waals surface area contributed by atoms with Crippen molar-refractivity contribution in [1.29, 1.82) is 0 Å². The van der Waals surface area contributed by atoms with Crippen LogP contribution in [-0.2, 0) is 11.3 Å². The maximum Gasteiger partial charge on any atom is 0.247 e. The Kier molecular flexibility index (Phi) is 6.15. The van der Waals surface area contributed by atoms with Crippen LogP contribution in [0.4, 0.5) is 0 Å². The van der Waals surface area contributed by atoms with Crippen molar-refractivity contribution < 1.29 is 4.79 Å². The Morgan fingerprint density at radius 3 is 2.60 bits per heavy atom. The Morgan fingerprint density at radius 1 is 1.28 bits per heavy atom. The number of piperazine rings is 1. The van der Waals surface area contributed by atoms with E-state index in [4.69, 9.17) is 11.6 Å². The fourth-order valence-corrected chi connectivity index (χ4v) is 3.72. The second-order valence-corrected chi connectivity index (χ2v) is 7.55. The molecule has 3 rings (SSSR count). The number of benzene rings is 1. The van der Waals surface area contributed by atoms with Crippen molar-refractivity contribution in [3.63, 3.8) is 0 Å². The van der Waals surface area contributed by atoms with Crippen LogP contribution in [-0.4, -0.2) is 51.7 Å². The van der Waals surface area contributed by atoms with E-state index < -0.39 is 0 Å². The van der Waals surface area contributed by atoms with Gasteiger partial charge in [-0.15, -0.1) is 0 Å². The van der Waals surface area contributed by atoms with Crippen LogP contribution >= 0.6 is 27.5 Å². The van der Waals surface area contributed by atoms with Crippen molar-refractivity contribution >= 4 is 33.4 Å². The van der Waals surface area contributed by atoms with Crippen LogP contribution in [0.15, 0.2) is 41.1 Å². The average molecular weight is 426 g/mol. The number of hydrogen-bond donors (Lipinski definition) is 0. The number of hydrogen-bond acceptors (Lipinski definition) is 3. The van der Waals surface area contributed by atoms with E-state index in [1.165, 1.54) is 5.56 Å². The molecule has 1 aromatic heterocycles. The smallest absolute Gasteiger partial charge is 0.247 e. The number of nitrogens with zero attached hydrogens (tertiary/aromatic N) is 4. The molecule has 1 aliphatic heterocycles. The summed E-state index contributed by atoms with van der Waals surface area (Å²) < 4.78 is 2.81. The molecule has 1 amide bonds. The highest BCUT2D eigenvalue weighted by molar-refractivity contribution is 9.10. The van der Waals surface area contributed by atoms with Gasteiger partial charge in [0.2, 0.25) is 5.91 Å². The molecule has 1 atom stereocenters. The zero-order valence-electron chi connectivity index (χ0n) is 14.2. The minimum atomic E-state index is -0.276. The lowest BCUT2D eigenvalue weighted by Crippen LogP contribution is -2.50. The van der Waals surface area contributed by atoms with Gasteiger partial charge >= 0.3 is 0 Å². The minimum absolute atomic E-state index is 0.128. The van der Waals surface area contributed by atoms with Crippen LogP contribution < -0.4 is 0 Å². The van der Waals surface area contributed by atoms with Crippen molar-refractivity contribution in [1.82, 2.24) is 19.6 Å². The number of amides is 1. The maximum atomic E-state index is 12.9. The molecule has 0 saturated carbocycles. The van der Waals surface area contributed by atoms with Crippen LogP contribution in [0.25, 0.3) is 0 Å². The molecule has 1 unspecified atom stereocenters. The van der Waals surface area contributed by atoms with Crippen molar-refractivity contribution in [2.45, 2.75) is 25.9 Å². The van der Waals surface area contributed by atoms with Crippen LogP contribution in [0.1, 0.15) is 24.9 Å². The first kappa shape index (κ1) is 18.4. The summed E-state index contributed by atoms with van der Waals surface area (Å²) in [4.78, 5) is 17.2. The van der Waals surface area contributed by atoms with Crippen molar-refractivity contribution in [2.24, 2.45) is 0 Å². The summed E-state index contributed by atoms with van der Waals surface area (Å²) in [5, 5.41) is 4.76. The third-order valence-electron chi connectivity index (χ3n) is 4.60. The molecule has 2 aromatic rings. The van der Waals surface area contributed by atoms with Gasteiger partial charge in [0.05, 0.1) is 11.2 Å². The fourth-order valence-electron chi connectivity index (χ4n) is 3.16. The van der Waals surface area contributed by atoms with Crippen LogP contribution in [0.5, 0.6) is 0 Å². The molecular formula is C18H22BrClN4O. The van der Waals surface area contributed by atoms with E-state index in [1.807, 2.05) is 17.9 Å². The quantitative estimate of drug-likeness (QED) is 0.735. The lowest BCUT2D eigenvalue weighted by Gasteiger charge is -2.36. The summed E-state index contributed by atoms with van der Waals surface area (Å²) in [6, 6.07) is 8.01. The van der Waals surface area contributed by atoms with Crippen LogP contribution in [0.2, 0.25) is 5.02 Å². The standard InChI is InChI=1S/C18H22BrClN4O/c1-2-17(24-13-15(20)11-21-24)18(25)23-9-7-22(8-10-23)12-14-5-3-4-6-16(14)19/h3-6,11,13,17H,2,7-10,12H2,1H3. The van der Waals surface area contributed by atoms with Gasteiger partial charge in [0.25, 0.3) is 0 Å². The predicted molar refractivity (Wildman–Crippen MR) is 103 cm³/mol. The third kappa shape index (κ3) is 4.43. The average Bonchev–Trinajstić information content (AvgIpc) is 3.04. The first-order valence-electron chi connectivity index (χ1n) is 8.52. The Morgan fingerprint density at radius 2 is 2.00 bits per heavy atom. The van der Waals surface area contributed by atoms with E-state index in [1.54, 1.807) is 17.1 Å². The van der Waals surface area contributed by atoms with Gasteiger partial charge < -0.3 is 4.90 Å². The maximum absolute atomic E-state index is 12.9. The van der Waals surface area contributed by atoms with Gasteiger partial charge in [-0.2, -0.15) is 5.10 Å². The Labute approximate surface area is 161 Å². The summed E-state index contributed by atoms with van der Waals surface area (Å²) in [6.07, 6.45) is 4.00. The van der Waals surface area contributed by atoms with Gasteiger partial charge in [-0.05, 0) is 18.1 Å². The number of carbonyl (C=O) groups is 1. The van der Waals surface area contributed by atoms with E-state index in [9.17, 15) is 4.79 Å². The fraction of sp³-hybridized carbons (Fsp3) is 0.444. The van der Waals surface area contributed by atoms with Crippen molar-refractivity contribution in [3.05, 3.63) is 51.7 Å². The number of rotatable bonds is 5. The Hall–Kier alpha value is -1.37. The molecule has 0 radical (unpaired) electrons. The summed E-state index contributed by atoms with van der Waals surface area (Å²) in [7, 11) is 0. The molecule has 134 valence electrons. The van der Waals surface area contributed by atoms with Crippen LogP contribution in [0, 0.1) is 0 Å². The van der Waals surface area contributed by atoms with Gasteiger partial charge in [-0.3, -0.25) is 14.4 Å². The monoisotopic (exact) mass is 424 g/mol. The summed E-state index contributed by atoms with van der Waals surface area (Å²) in [6.45, 7) is 6.15. The number of carbonyl (C=O) groups excluding carboxylic acids is 1. The SMILES string of the molecule is CCC(C(=O)N1CCN(Cc2ccccc2Br)CC1)n1cc(Cl)cn1. The normalized spacial score (nSPS) is 16.8. The van der Waals surface area contributed by atoms with Gasteiger partial charge in [0, 0.05) is 43.4 Å². The molecule has 5 nitrogen and oxygen atoms in total. The first-order chi connectivity index (χ1) is 12.1. The van der Waals surface area contributed by atoms with E-state index >= 15 is 0 Å². The molecule has 1 aliphatic rings. The van der Waals surface area contributed by atoms with Gasteiger partial charge in [-0.25, -0.2) is 0 Å². The Bertz CT molecular complexity index is 727. The minimum Gasteiger partial charge on any atom is -0.338 e. The molecule has 0 aliphatic carbocycles. The molecule has 0 spiro atoms. The predicted octanol–water partition coefficient (Wildman–Crippen LogP) is 3.59. The van der Waals surface area contributed by atoms with E-state index in [0.717, 1.165) is 37.2 Å².